The van der Waals surface area contributed by atoms with Crippen molar-refractivity contribution in [1.29, 1.82) is 0 Å². The van der Waals surface area contributed by atoms with Crippen molar-refractivity contribution in [2.45, 2.75) is 161 Å². The molecular weight excluding hydrogens is 616 g/mol. The fraction of sp³-hybridized carbons (Fsp3) is 0.941. The number of hydrogen-bond acceptors (Lipinski definition) is 13. The molecule has 13 heteroatoms. The summed E-state index contributed by atoms with van der Waals surface area (Å²) in [6.07, 6.45) is -0.642. The zero-order chi connectivity index (χ0) is 35.0. The lowest BCUT2D eigenvalue weighted by Gasteiger charge is -2.46. The van der Waals surface area contributed by atoms with Crippen LogP contribution in [0, 0.1) is 11.8 Å². The molecule has 0 aromatic rings. The first-order valence-electron chi connectivity index (χ1n) is 17.5. The van der Waals surface area contributed by atoms with Gasteiger partial charge in [0, 0.05) is 26.6 Å². The van der Waals surface area contributed by atoms with Gasteiger partial charge >= 0.3 is 11.9 Å². The highest BCUT2D eigenvalue weighted by atomic mass is 16.8. The Morgan fingerprint density at radius 1 is 0.787 bits per heavy atom. The van der Waals surface area contributed by atoms with Gasteiger partial charge in [0.1, 0.15) is 43.2 Å². The molecule has 2 fully saturated rings. The van der Waals surface area contributed by atoms with E-state index in [2.05, 4.69) is 6.92 Å². The Balaban J connectivity index is 2.32. The summed E-state index contributed by atoms with van der Waals surface area (Å²) in [6.45, 7) is 9.59. The first-order chi connectivity index (χ1) is 22.4. The SMILES string of the molecule is CCCCCCCCCCCC(=O)O[C@H]1[C@@H](O[C@]2(COC(C)=O)O[C@H](CO)[C@@H](O)[C@@H]2OCC(C)C)O[C@H](CO)[C@@H](O)[C@@H]1OCC(C)C. The van der Waals surface area contributed by atoms with Gasteiger partial charge in [-0.1, -0.05) is 86.0 Å². The monoisotopic (exact) mass is 678 g/mol. The molecule has 0 unspecified atom stereocenters. The third kappa shape index (κ3) is 13.4. The summed E-state index contributed by atoms with van der Waals surface area (Å²) in [4.78, 5) is 25.2. The molecule has 13 nitrogen and oxygen atoms in total. The fourth-order valence-corrected chi connectivity index (χ4v) is 5.71. The molecular formula is C34H62O13. The fourth-order valence-electron chi connectivity index (χ4n) is 5.71. The van der Waals surface area contributed by atoms with E-state index in [4.69, 9.17) is 33.2 Å². The summed E-state index contributed by atoms with van der Waals surface area (Å²) in [5, 5.41) is 42.4. The van der Waals surface area contributed by atoms with Gasteiger partial charge in [0.2, 0.25) is 12.1 Å². The maximum absolute atomic E-state index is 13.2. The van der Waals surface area contributed by atoms with Crippen LogP contribution in [0.4, 0.5) is 0 Å². The van der Waals surface area contributed by atoms with Gasteiger partial charge in [0.25, 0.3) is 0 Å². The summed E-state index contributed by atoms with van der Waals surface area (Å²) >= 11 is 0. The summed E-state index contributed by atoms with van der Waals surface area (Å²) in [5.74, 6) is -3.16. The predicted molar refractivity (Wildman–Crippen MR) is 171 cm³/mol. The van der Waals surface area contributed by atoms with Gasteiger partial charge in [0.15, 0.2) is 6.10 Å². The largest absolute Gasteiger partial charge is 0.460 e. The zero-order valence-corrected chi connectivity index (χ0v) is 29.3. The molecule has 0 amide bonds. The average Bonchev–Trinajstić information content (AvgIpc) is 3.28. The molecule has 2 rings (SSSR count). The van der Waals surface area contributed by atoms with Gasteiger partial charge in [-0.2, -0.15) is 0 Å². The van der Waals surface area contributed by atoms with E-state index in [0.29, 0.717) is 6.42 Å². The minimum absolute atomic E-state index is 0.0326. The molecule has 0 saturated carbocycles. The van der Waals surface area contributed by atoms with Gasteiger partial charge in [-0.25, -0.2) is 0 Å². The van der Waals surface area contributed by atoms with E-state index in [1.807, 2.05) is 27.7 Å². The van der Waals surface area contributed by atoms with E-state index in [1.165, 1.54) is 39.0 Å². The van der Waals surface area contributed by atoms with Crippen LogP contribution in [0.3, 0.4) is 0 Å². The Bertz CT molecular complexity index is 886. The van der Waals surface area contributed by atoms with Crippen molar-refractivity contribution >= 4 is 11.9 Å². The number of hydrogen-bond donors (Lipinski definition) is 4. The van der Waals surface area contributed by atoms with E-state index < -0.39 is 86.6 Å². The minimum Gasteiger partial charge on any atom is -0.460 e. The molecule has 2 heterocycles. The number of aliphatic hydroxyl groups is 4. The smallest absolute Gasteiger partial charge is 0.306 e. The molecule has 2 aliphatic rings. The highest BCUT2D eigenvalue weighted by Gasteiger charge is 2.61. The van der Waals surface area contributed by atoms with E-state index in [0.717, 1.165) is 19.3 Å². The van der Waals surface area contributed by atoms with Crippen molar-refractivity contribution in [3.8, 4) is 0 Å². The Kier molecular flexibility index (Phi) is 19.2. The van der Waals surface area contributed by atoms with Gasteiger partial charge in [-0.15, -0.1) is 0 Å². The van der Waals surface area contributed by atoms with Crippen molar-refractivity contribution < 1.29 is 63.2 Å². The first-order valence-corrected chi connectivity index (χ1v) is 17.5. The Morgan fingerprint density at radius 2 is 1.36 bits per heavy atom. The molecule has 2 aliphatic heterocycles. The van der Waals surface area contributed by atoms with Crippen LogP contribution >= 0.6 is 0 Å². The Hall–Kier alpha value is -1.42. The molecule has 0 aliphatic carbocycles. The van der Waals surface area contributed by atoms with E-state index in [9.17, 15) is 30.0 Å². The second-order valence-corrected chi connectivity index (χ2v) is 13.6. The molecule has 0 bridgehead atoms. The normalized spacial score (nSPS) is 31.1. The lowest BCUT2D eigenvalue weighted by molar-refractivity contribution is -0.388. The van der Waals surface area contributed by atoms with E-state index in [-0.39, 0.29) is 31.5 Å². The lowest BCUT2D eigenvalue weighted by Crippen LogP contribution is -2.64. The Morgan fingerprint density at radius 3 is 1.91 bits per heavy atom. The highest BCUT2D eigenvalue weighted by molar-refractivity contribution is 5.69. The summed E-state index contributed by atoms with van der Waals surface area (Å²) in [5.41, 5.74) is 0. The topological polar surface area (TPSA) is 180 Å². The van der Waals surface area contributed by atoms with Crippen molar-refractivity contribution in [1.82, 2.24) is 0 Å². The van der Waals surface area contributed by atoms with Crippen LogP contribution in [0.25, 0.3) is 0 Å². The molecule has 0 aromatic carbocycles. The van der Waals surface area contributed by atoms with Crippen LogP contribution in [0.5, 0.6) is 0 Å². The number of rotatable bonds is 23. The summed E-state index contributed by atoms with van der Waals surface area (Å²) in [7, 11) is 0. The van der Waals surface area contributed by atoms with Crippen LogP contribution in [0.2, 0.25) is 0 Å². The van der Waals surface area contributed by atoms with E-state index >= 15 is 0 Å². The highest BCUT2D eigenvalue weighted by Crippen LogP contribution is 2.39. The van der Waals surface area contributed by atoms with Gasteiger partial charge in [0.05, 0.1) is 13.2 Å². The van der Waals surface area contributed by atoms with Crippen LogP contribution in [-0.4, -0.2) is 120 Å². The van der Waals surface area contributed by atoms with Crippen molar-refractivity contribution in [3.63, 3.8) is 0 Å². The average molecular weight is 679 g/mol. The second-order valence-electron chi connectivity index (χ2n) is 13.6. The molecule has 47 heavy (non-hydrogen) atoms. The van der Waals surface area contributed by atoms with Gasteiger partial charge < -0.3 is 53.6 Å². The van der Waals surface area contributed by atoms with Crippen LogP contribution in [0.1, 0.15) is 106 Å². The number of esters is 2. The molecule has 4 N–H and O–H groups in total. The lowest BCUT2D eigenvalue weighted by atomic mass is 9.97. The summed E-state index contributed by atoms with van der Waals surface area (Å²) in [6, 6.07) is 0. The van der Waals surface area contributed by atoms with E-state index in [1.54, 1.807) is 0 Å². The molecule has 276 valence electrons. The van der Waals surface area contributed by atoms with Crippen molar-refractivity contribution in [3.05, 3.63) is 0 Å². The predicted octanol–water partition coefficient (Wildman–Crippen LogP) is 3.01. The minimum atomic E-state index is -2.02. The molecule has 0 aromatic heterocycles. The first kappa shape index (κ1) is 41.7. The van der Waals surface area contributed by atoms with Crippen molar-refractivity contribution in [2.75, 3.05) is 33.0 Å². The number of carbonyl (C=O) groups is 2. The van der Waals surface area contributed by atoms with Crippen molar-refractivity contribution in [2.24, 2.45) is 11.8 Å². The number of ether oxygens (including phenoxy) is 7. The number of unbranched alkanes of at least 4 members (excludes halogenated alkanes) is 8. The van der Waals surface area contributed by atoms with Crippen LogP contribution in [-0.2, 0) is 42.7 Å². The molecule has 9 atom stereocenters. The standard InChI is InChI=1S/C34H62O13/c1-7-8-9-10-11-12-13-14-15-16-27(38)45-31-30(41-19-22(2)3)28(39)25(17-35)44-33(31)47-34(21-43-24(6)37)32(42-20-23(4)5)29(40)26(18-36)46-34/h22-23,25-26,28-33,35-36,39-40H,7-21H2,1-6H3/t25-,26-,28-,29-,30+,31-,32+,33-,34+/m1/s1. The Labute approximate surface area is 280 Å². The third-order valence-corrected chi connectivity index (χ3v) is 8.23. The maximum Gasteiger partial charge on any atom is 0.306 e. The zero-order valence-electron chi connectivity index (χ0n) is 29.3. The second kappa shape index (κ2) is 21.6. The molecule has 0 spiro atoms. The van der Waals surface area contributed by atoms with Gasteiger partial charge in [-0.3, -0.25) is 9.59 Å². The molecule has 0 radical (unpaired) electrons. The summed E-state index contributed by atoms with van der Waals surface area (Å²) < 4.78 is 41.6. The van der Waals surface area contributed by atoms with Crippen LogP contribution < -0.4 is 0 Å². The number of aliphatic hydroxyl groups excluding tert-OH is 4. The molecule has 2 saturated heterocycles. The maximum atomic E-state index is 13.2. The van der Waals surface area contributed by atoms with Crippen LogP contribution in [0.15, 0.2) is 0 Å². The van der Waals surface area contributed by atoms with Gasteiger partial charge in [-0.05, 0) is 18.3 Å². The number of carbonyl (C=O) groups excluding carboxylic acids is 2. The third-order valence-electron chi connectivity index (χ3n) is 8.23. The quantitative estimate of drug-likeness (QED) is 0.0916.